The van der Waals surface area contributed by atoms with Crippen molar-refractivity contribution < 1.29 is 8.42 Å². The minimum absolute atomic E-state index is 0.288. The number of hydrogen-bond acceptors (Lipinski definition) is 3. The molecule has 0 aliphatic carbocycles. The highest BCUT2D eigenvalue weighted by molar-refractivity contribution is 7.89. The molecule has 4 nitrogen and oxygen atoms in total. The minimum atomic E-state index is -3.39. The molecule has 0 bridgehead atoms. The van der Waals surface area contributed by atoms with Crippen LogP contribution in [0.15, 0.2) is 59.8 Å². The maximum Gasteiger partial charge on any atom is 0.244 e. The summed E-state index contributed by atoms with van der Waals surface area (Å²) in [5, 5.41) is 0. The molecule has 1 fully saturated rings. The van der Waals surface area contributed by atoms with Gasteiger partial charge in [-0.05, 0) is 42.9 Å². The molecular formula is C17H20N2O2S. The highest BCUT2D eigenvalue weighted by Gasteiger charge is 2.29. The molecule has 1 aliphatic rings. The molecule has 22 heavy (non-hydrogen) atoms. The number of hydrogen-bond donors (Lipinski definition) is 0. The first-order valence-corrected chi connectivity index (χ1v) is 9.04. The highest BCUT2D eigenvalue weighted by Crippen LogP contribution is 2.25. The van der Waals surface area contributed by atoms with E-state index in [4.69, 9.17) is 0 Å². The first-order chi connectivity index (χ1) is 10.7. The summed E-state index contributed by atoms with van der Waals surface area (Å²) in [6.07, 6.45) is 5.86. The van der Waals surface area contributed by atoms with Gasteiger partial charge in [0.15, 0.2) is 0 Å². The monoisotopic (exact) mass is 316 g/mol. The Kier molecular flexibility index (Phi) is 4.55. The predicted molar refractivity (Wildman–Crippen MR) is 85.9 cm³/mol. The molecule has 0 radical (unpaired) electrons. The van der Waals surface area contributed by atoms with Gasteiger partial charge in [-0.25, -0.2) is 8.42 Å². The van der Waals surface area contributed by atoms with E-state index in [0.717, 1.165) is 19.3 Å². The molecule has 1 aliphatic heterocycles. The Labute approximate surface area is 131 Å². The molecule has 1 aromatic carbocycles. The second-order valence-electron chi connectivity index (χ2n) is 5.73. The molecule has 0 spiro atoms. The van der Waals surface area contributed by atoms with Crippen molar-refractivity contribution in [2.75, 3.05) is 13.1 Å². The lowest BCUT2D eigenvalue weighted by Gasteiger charge is -2.31. The van der Waals surface area contributed by atoms with Gasteiger partial charge in [0.25, 0.3) is 0 Å². The third-order valence-electron chi connectivity index (χ3n) is 4.21. The summed E-state index contributed by atoms with van der Waals surface area (Å²) in [6.45, 7) is 1.18. The molecule has 3 rings (SSSR count). The lowest BCUT2D eigenvalue weighted by atomic mass is 9.91. The Morgan fingerprint density at radius 2 is 1.77 bits per heavy atom. The Morgan fingerprint density at radius 3 is 2.41 bits per heavy atom. The van der Waals surface area contributed by atoms with Crippen molar-refractivity contribution in [2.24, 2.45) is 5.92 Å². The average Bonchev–Trinajstić information content (AvgIpc) is 2.57. The SMILES string of the molecule is O=S(=O)(c1cccnc1)N1CCC(Cc2ccccc2)CC1. The first kappa shape index (κ1) is 15.2. The fourth-order valence-corrected chi connectivity index (χ4v) is 4.38. The van der Waals surface area contributed by atoms with Gasteiger partial charge in [0.2, 0.25) is 10.0 Å². The number of pyridine rings is 1. The maximum atomic E-state index is 12.5. The zero-order valence-electron chi connectivity index (χ0n) is 12.4. The van der Waals surface area contributed by atoms with Crippen LogP contribution in [0.4, 0.5) is 0 Å². The Hall–Kier alpha value is -1.72. The van der Waals surface area contributed by atoms with Gasteiger partial charge in [0.05, 0.1) is 0 Å². The van der Waals surface area contributed by atoms with Crippen LogP contribution in [0.25, 0.3) is 0 Å². The summed E-state index contributed by atoms with van der Waals surface area (Å²) in [4.78, 5) is 4.20. The van der Waals surface area contributed by atoms with Crippen LogP contribution in [-0.4, -0.2) is 30.8 Å². The lowest BCUT2D eigenvalue weighted by Crippen LogP contribution is -2.38. The zero-order chi connectivity index (χ0) is 15.4. The van der Waals surface area contributed by atoms with Crippen molar-refractivity contribution in [2.45, 2.75) is 24.2 Å². The van der Waals surface area contributed by atoms with Gasteiger partial charge in [-0.2, -0.15) is 4.31 Å². The van der Waals surface area contributed by atoms with Crippen molar-refractivity contribution >= 4 is 10.0 Å². The normalized spacial score (nSPS) is 17.5. The van der Waals surface area contributed by atoms with Gasteiger partial charge >= 0.3 is 0 Å². The van der Waals surface area contributed by atoms with Gasteiger partial charge in [-0.3, -0.25) is 4.98 Å². The van der Waals surface area contributed by atoms with Gasteiger partial charge in [-0.1, -0.05) is 30.3 Å². The van der Waals surface area contributed by atoms with Gasteiger partial charge in [0.1, 0.15) is 4.90 Å². The van der Waals surface area contributed by atoms with Crippen LogP contribution < -0.4 is 0 Å². The fraction of sp³-hybridized carbons (Fsp3) is 0.353. The highest BCUT2D eigenvalue weighted by atomic mass is 32.2. The Balaban J connectivity index is 1.62. The molecule has 5 heteroatoms. The summed E-state index contributed by atoms with van der Waals surface area (Å²) in [5.41, 5.74) is 1.33. The third-order valence-corrected chi connectivity index (χ3v) is 6.10. The van der Waals surface area contributed by atoms with Crippen LogP contribution in [0.5, 0.6) is 0 Å². The van der Waals surface area contributed by atoms with Gasteiger partial charge in [0, 0.05) is 25.5 Å². The van der Waals surface area contributed by atoms with Crippen molar-refractivity contribution in [1.29, 1.82) is 0 Å². The second-order valence-corrected chi connectivity index (χ2v) is 7.66. The molecule has 116 valence electrons. The molecule has 1 saturated heterocycles. The summed E-state index contributed by atoms with van der Waals surface area (Å²) in [5.74, 6) is 0.558. The molecule has 0 saturated carbocycles. The number of nitrogens with zero attached hydrogens (tertiary/aromatic N) is 2. The number of sulfonamides is 1. The summed E-state index contributed by atoms with van der Waals surface area (Å²) in [6, 6.07) is 13.7. The number of rotatable bonds is 4. The predicted octanol–water partition coefficient (Wildman–Crippen LogP) is 2.73. The van der Waals surface area contributed by atoms with Gasteiger partial charge in [-0.15, -0.1) is 0 Å². The largest absolute Gasteiger partial charge is 0.263 e. The van der Waals surface area contributed by atoms with Gasteiger partial charge < -0.3 is 0 Å². The quantitative estimate of drug-likeness (QED) is 0.871. The van der Waals surface area contributed by atoms with Crippen molar-refractivity contribution in [3.05, 3.63) is 60.4 Å². The van der Waals surface area contributed by atoms with E-state index < -0.39 is 10.0 Å². The van der Waals surface area contributed by atoms with Crippen LogP contribution in [0.3, 0.4) is 0 Å². The smallest absolute Gasteiger partial charge is 0.244 e. The fourth-order valence-electron chi connectivity index (χ4n) is 2.95. The van der Waals surface area contributed by atoms with Crippen molar-refractivity contribution in [3.63, 3.8) is 0 Å². The van der Waals surface area contributed by atoms with Crippen LogP contribution in [-0.2, 0) is 16.4 Å². The molecule has 0 atom stereocenters. The Morgan fingerprint density at radius 1 is 1.05 bits per heavy atom. The molecule has 0 amide bonds. The molecule has 1 aromatic heterocycles. The summed E-state index contributed by atoms with van der Waals surface area (Å²) >= 11 is 0. The first-order valence-electron chi connectivity index (χ1n) is 7.60. The van der Waals surface area contributed by atoms with E-state index in [1.165, 1.54) is 11.8 Å². The number of piperidine rings is 1. The summed E-state index contributed by atoms with van der Waals surface area (Å²) in [7, 11) is -3.39. The Bertz CT molecular complexity index is 694. The van der Waals surface area contributed by atoms with E-state index >= 15 is 0 Å². The number of benzene rings is 1. The van der Waals surface area contributed by atoms with Crippen LogP contribution >= 0.6 is 0 Å². The van der Waals surface area contributed by atoms with E-state index in [1.54, 1.807) is 22.6 Å². The van der Waals surface area contributed by atoms with E-state index in [2.05, 4.69) is 29.2 Å². The summed E-state index contributed by atoms with van der Waals surface area (Å²) < 4.78 is 26.7. The van der Waals surface area contributed by atoms with Crippen LogP contribution in [0.1, 0.15) is 18.4 Å². The molecule has 0 N–H and O–H groups in total. The van der Waals surface area contributed by atoms with Crippen molar-refractivity contribution in [3.8, 4) is 0 Å². The standard InChI is InChI=1S/C17H20N2O2S/c20-22(21,17-7-4-10-18-14-17)19-11-8-16(9-12-19)13-15-5-2-1-3-6-15/h1-7,10,14,16H,8-9,11-13H2. The molecule has 2 heterocycles. The topological polar surface area (TPSA) is 50.3 Å². The maximum absolute atomic E-state index is 12.5. The molecule has 0 unspecified atom stereocenters. The van der Waals surface area contributed by atoms with Crippen LogP contribution in [0.2, 0.25) is 0 Å². The second kappa shape index (κ2) is 6.58. The lowest BCUT2D eigenvalue weighted by molar-refractivity contribution is 0.273. The van der Waals surface area contributed by atoms with E-state index in [-0.39, 0.29) is 4.90 Å². The van der Waals surface area contributed by atoms with Crippen LogP contribution in [0, 0.1) is 5.92 Å². The van der Waals surface area contributed by atoms with E-state index in [0.29, 0.717) is 19.0 Å². The van der Waals surface area contributed by atoms with E-state index in [1.807, 2.05) is 6.07 Å². The third kappa shape index (κ3) is 3.36. The van der Waals surface area contributed by atoms with E-state index in [9.17, 15) is 8.42 Å². The molecular weight excluding hydrogens is 296 g/mol. The average molecular weight is 316 g/mol. The van der Waals surface area contributed by atoms with Crippen molar-refractivity contribution in [1.82, 2.24) is 9.29 Å². The molecule has 2 aromatic rings. The number of aromatic nitrogens is 1. The zero-order valence-corrected chi connectivity index (χ0v) is 13.2. The minimum Gasteiger partial charge on any atom is -0.263 e.